The molecular weight excluding hydrogens is 347 g/mol. The molecular formula is C16H15FN4O5. The van der Waals surface area contributed by atoms with Gasteiger partial charge in [0.2, 0.25) is 5.88 Å². The lowest BCUT2D eigenvalue weighted by Gasteiger charge is -2.16. The molecule has 0 saturated carbocycles. The summed E-state index contributed by atoms with van der Waals surface area (Å²) in [5.74, 6) is -0.463. The smallest absolute Gasteiger partial charge is 0.242 e. The van der Waals surface area contributed by atoms with Gasteiger partial charge in [-0.1, -0.05) is 6.07 Å². The van der Waals surface area contributed by atoms with E-state index in [4.69, 9.17) is 9.47 Å². The van der Waals surface area contributed by atoms with Crippen molar-refractivity contribution in [3.8, 4) is 11.6 Å². The summed E-state index contributed by atoms with van der Waals surface area (Å²) in [5, 5.41) is 30.3. The molecule has 136 valence electrons. The zero-order valence-corrected chi connectivity index (χ0v) is 13.3. The fourth-order valence-electron chi connectivity index (χ4n) is 2.86. The Bertz CT molecular complexity index is 936. The highest BCUT2D eigenvalue weighted by molar-refractivity contribution is 5.75. The second kappa shape index (κ2) is 6.48. The normalized spacial score (nSPS) is 25.7. The van der Waals surface area contributed by atoms with Gasteiger partial charge in [-0.2, -0.15) is 4.98 Å². The third-order valence-corrected chi connectivity index (χ3v) is 4.16. The predicted molar refractivity (Wildman–Crippen MR) is 84.8 cm³/mol. The van der Waals surface area contributed by atoms with Crippen LogP contribution < -0.4 is 4.74 Å². The molecule has 0 unspecified atom stereocenters. The van der Waals surface area contributed by atoms with Crippen LogP contribution in [0.4, 0.5) is 4.39 Å². The number of imidazole rings is 1. The molecule has 1 aromatic carbocycles. The first kappa shape index (κ1) is 16.6. The molecule has 9 nitrogen and oxygen atoms in total. The zero-order chi connectivity index (χ0) is 18.3. The highest BCUT2D eigenvalue weighted by Crippen LogP contribution is 2.32. The number of hydrogen-bond donors (Lipinski definition) is 3. The van der Waals surface area contributed by atoms with E-state index in [1.807, 2.05) is 0 Å². The Hall–Kier alpha value is -2.82. The minimum atomic E-state index is -1.27. The van der Waals surface area contributed by atoms with Crippen molar-refractivity contribution in [1.29, 1.82) is 0 Å². The highest BCUT2D eigenvalue weighted by atomic mass is 19.1. The van der Waals surface area contributed by atoms with Crippen LogP contribution in [0, 0.1) is 5.82 Å². The van der Waals surface area contributed by atoms with E-state index < -0.39 is 30.4 Å². The van der Waals surface area contributed by atoms with Gasteiger partial charge in [-0.25, -0.2) is 14.4 Å². The number of rotatable bonds is 4. The van der Waals surface area contributed by atoms with Crippen LogP contribution in [0.5, 0.6) is 11.6 Å². The van der Waals surface area contributed by atoms with E-state index >= 15 is 0 Å². The van der Waals surface area contributed by atoms with Gasteiger partial charge in [0.25, 0.3) is 0 Å². The number of fused-ring (bicyclic) bond motifs is 1. The summed E-state index contributed by atoms with van der Waals surface area (Å²) >= 11 is 0. The summed E-state index contributed by atoms with van der Waals surface area (Å²) in [6.07, 6.45) is -1.86. The predicted octanol–water partition coefficient (Wildman–Crippen LogP) is 0.369. The summed E-state index contributed by atoms with van der Waals surface area (Å²) < 4.78 is 25.7. The Morgan fingerprint density at radius 3 is 2.85 bits per heavy atom. The lowest BCUT2D eigenvalue weighted by Crippen LogP contribution is -2.34. The number of benzene rings is 1. The second-order valence-corrected chi connectivity index (χ2v) is 5.84. The molecule has 3 heterocycles. The van der Waals surface area contributed by atoms with Crippen molar-refractivity contribution in [3.63, 3.8) is 0 Å². The molecule has 4 rings (SSSR count). The Morgan fingerprint density at radius 2 is 2.04 bits per heavy atom. The van der Waals surface area contributed by atoms with Gasteiger partial charge in [-0.05, 0) is 12.1 Å². The number of aliphatic hydroxyl groups excluding tert-OH is 2. The van der Waals surface area contributed by atoms with Crippen molar-refractivity contribution in [3.05, 3.63) is 42.7 Å². The molecule has 0 aliphatic carbocycles. The van der Waals surface area contributed by atoms with Gasteiger partial charge in [0.15, 0.2) is 17.4 Å². The molecule has 0 bridgehead atoms. The van der Waals surface area contributed by atoms with E-state index in [1.165, 1.54) is 29.1 Å². The van der Waals surface area contributed by atoms with Crippen LogP contribution >= 0.6 is 0 Å². The Labute approximate surface area is 146 Å². The van der Waals surface area contributed by atoms with Gasteiger partial charge >= 0.3 is 0 Å². The standard InChI is InChI=1S/C16H15FN4O5/c17-8-2-1-3-9(4-8)25-5-10-12(22)13(23)16(26-10)21-7-20-11-14(21)18-6-19-15(11)24/h1-4,6-7,10,12-13,16,22-23H,5H2,(H,18,19,24)/t10-,12-,13-,16-/m1/s1. The van der Waals surface area contributed by atoms with Crippen molar-refractivity contribution in [2.75, 3.05) is 6.61 Å². The van der Waals surface area contributed by atoms with Crippen LogP contribution in [0.25, 0.3) is 11.2 Å². The highest BCUT2D eigenvalue weighted by Gasteiger charge is 2.44. The maximum Gasteiger partial charge on any atom is 0.242 e. The SMILES string of the molecule is Oc1ncnc2c1ncn2[C@@H]1O[C@H](COc2cccc(F)c2)[C@@H](O)[C@H]1O. The molecule has 0 spiro atoms. The quantitative estimate of drug-likeness (QED) is 0.608. The largest absolute Gasteiger partial charge is 0.492 e. The number of aromatic nitrogens is 4. The van der Waals surface area contributed by atoms with Crippen LogP contribution in [-0.2, 0) is 4.74 Å². The lowest BCUT2D eigenvalue weighted by atomic mass is 10.1. The molecule has 3 N–H and O–H groups in total. The average molecular weight is 362 g/mol. The Balaban J connectivity index is 1.53. The number of nitrogens with zero attached hydrogens (tertiary/aromatic N) is 4. The van der Waals surface area contributed by atoms with Crippen LogP contribution in [0.2, 0.25) is 0 Å². The van der Waals surface area contributed by atoms with Gasteiger partial charge in [-0.3, -0.25) is 4.57 Å². The molecule has 10 heteroatoms. The van der Waals surface area contributed by atoms with E-state index in [1.54, 1.807) is 6.07 Å². The molecule has 3 aromatic rings. The van der Waals surface area contributed by atoms with Crippen molar-refractivity contribution < 1.29 is 29.2 Å². The molecule has 1 saturated heterocycles. The van der Waals surface area contributed by atoms with Gasteiger partial charge < -0.3 is 24.8 Å². The summed E-state index contributed by atoms with van der Waals surface area (Å²) in [6.45, 7) is -0.0922. The van der Waals surface area contributed by atoms with Gasteiger partial charge in [0.05, 0.1) is 6.33 Å². The zero-order valence-electron chi connectivity index (χ0n) is 13.3. The summed E-state index contributed by atoms with van der Waals surface area (Å²) in [4.78, 5) is 11.6. The number of hydrogen-bond acceptors (Lipinski definition) is 8. The summed E-state index contributed by atoms with van der Waals surface area (Å²) in [6, 6.07) is 5.56. The van der Waals surface area contributed by atoms with E-state index in [-0.39, 0.29) is 29.4 Å². The van der Waals surface area contributed by atoms with Crippen molar-refractivity contribution >= 4 is 11.2 Å². The number of aromatic hydroxyl groups is 1. The third-order valence-electron chi connectivity index (χ3n) is 4.16. The van der Waals surface area contributed by atoms with Gasteiger partial charge in [-0.15, -0.1) is 0 Å². The average Bonchev–Trinajstić information content (AvgIpc) is 3.17. The van der Waals surface area contributed by atoms with Crippen molar-refractivity contribution in [2.45, 2.75) is 24.5 Å². The maximum absolute atomic E-state index is 13.2. The first-order chi connectivity index (χ1) is 12.5. The fourth-order valence-corrected chi connectivity index (χ4v) is 2.86. The van der Waals surface area contributed by atoms with Gasteiger partial charge in [0, 0.05) is 6.07 Å². The van der Waals surface area contributed by atoms with E-state index in [0.29, 0.717) is 0 Å². The number of aliphatic hydroxyl groups is 2. The van der Waals surface area contributed by atoms with E-state index in [0.717, 1.165) is 6.33 Å². The monoisotopic (exact) mass is 362 g/mol. The Kier molecular flexibility index (Phi) is 4.15. The van der Waals surface area contributed by atoms with E-state index in [2.05, 4.69) is 15.0 Å². The molecule has 2 aromatic heterocycles. The molecule has 1 aliphatic rings. The van der Waals surface area contributed by atoms with E-state index in [9.17, 15) is 19.7 Å². The molecule has 1 aliphatic heterocycles. The molecule has 26 heavy (non-hydrogen) atoms. The van der Waals surface area contributed by atoms with Crippen molar-refractivity contribution in [1.82, 2.24) is 19.5 Å². The second-order valence-electron chi connectivity index (χ2n) is 5.84. The summed E-state index contributed by atoms with van der Waals surface area (Å²) in [5.41, 5.74) is 0.401. The first-order valence-electron chi connectivity index (χ1n) is 7.81. The summed E-state index contributed by atoms with van der Waals surface area (Å²) in [7, 11) is 0. The number of ether oxygens (including phenoxy) is 2. The molecule has 1 fully saturated rings. The third kappa shape index (κ3) is 2.83. The van der Waals surface area contributed by atoms with Gasteiger partial charge in [0.1, 0.15) is 42.8 Å². The lowest BCUT2D eigenvalue weighted by molar-refractivity contribution is -0.0474. The first-order valence-corrected chi connectivity index (χ1v) is 7.81. The molecule has 4 atom stereocenters. The van der Waals surface area contributed by atoms with Crippen molar-refractivity contribution in [2.24, 2.45) is 0 Å². The maximum atomic E-state index is 13.2. The molecule has 0 radical (unpaired) electrons. The fraction of sp³-hybridized carbons (Fsp3) is 0.312. The molecule has 0 amide bonds. The van der Waals surface area contributed by atoms with Crippen LogP contribution in [0.15, 0.2) is 36.9 Å². The Morgan fingerprint density at radius 1 is 1.19 bits per heavy atom. The van der Waals surface area contributed by atoms with Crippen LogP contribution in [-0.4, -0.2) is 59.8 Å². The number of halogens is 1. The van der Waals surface area contributed by atoms with Crippen LogP contribution in [0.3, 0.4) is 0 Å². The minimum absolute atomic E-state index is 0.0922. The van der Waals surface area contributed by atoms with Crippen LogP contribution in [0.1, 0.15) is 6.23 Å². The topological polar surface area (TPSA) is 123 Å². The minimum Gasteiger partial charge on any atom is -0.492 e.